The van der Waals surface area contributed by atoms with Gasteiger partial charge in [-0.05, 0) is 42.0 Å². The smallest absolute Gasteiger partial charge is 0.262 e. The molecule has 3 rings (SSSR count). The van der Waals surface area contributed by atoms with E-state index in [0.29, 0.717) is 6.07 Å². The Morgan fingerprint density at radius 2 is 1.68 bits per heavy atom. The summed E-state index contributed by atoms with van der Waals surface area (Å²) in [6.07, 6.45) is 0. The Bertz CT molecular complexity index is 1150. The number of hydrogen-bond donors (Lipinski definition) is 1. The van der Waals surface area contributed by atoms with Crippen LogP contribution < -0.4 is 10.1 Å². The Hall–Kier alpha value is -3.30. The first-order valence-electron chi connectivity index (χ1n) is 9.24. The van der Waals surface area contributed by atoms with Crippen LogP contribution in [0.4, 0.5) is 14.5 Å². The first-order chi connectivity index (χ1) is 14.8. The Kier molecular flexibility index (Phi) is 6.98. The molecule has 162 valence electrons. The van der Waals surface area contributed by atoms with Gasteiger partial charge in [-0.15, -0.1) is 0 Å². The first-order valence-corrected chi connectivity index (χ1v) is 10.7. The van der Waals surface area contributed by atoms with Crippen LogP contribution in [0.15, 0.2) is 77.7 Å². The molecule has 6 nitrogen and oxygen atoms in total. The van der Waals surface area contributed by atoms with Gasteiger partial charge in [0.1, 0.15) is 17.4 Å². The molecule has 1 N–H and O–H groups in total. The highest BCUT2D eigenvalue weighted by Gasteiger charge is 2.21. The summed E-state index contributed by atoms with van der Waals surface area (Å²) >= 11 is 0. The summed E-state index contributed by atoms with van der Waals surface area (Å²) in [4.78, 5) is 12.0. The second-order valence-electron chi connectivity index (χ2n) is 6.68. The van der Waals surface area contributed by atoms with Gasteiger partial charge in [0, 0.05) is 19.7 Å². The average Bonchev–Trinajstić information content (AvgIpc) is 2.75. The van der Waals surface area contributed by atoms with Crippen molar-refractivity contribution in [3.63, 3.8) is 0 Å². The summed E-state index contributed by atoms with van der Waals surface area (Å²) in [6.45, 7) is -0.210. The molecule has 0 atom stereocenters. The van der Waals surface area contributed by atoms with Gasteiger partial charge >= 0.3 is 0 Å². The number of halogens is 2. The van der Waals surface area contributed by atoms with Gasteiger partial charge in [-0.2, -0.15) is 4.31 Å². The predicted molar refractivity (Wildman–Crippen MR) is 112 cm³/mol. The fourth-order valence-corrected chi connectivity index (χ4v) is 3.90. The largest absolute Gasteiger partial charge is 0.484 e. The van der Waals surface area contributed by atoms with Crippen LogP contribution in [0.2, 0.25) is 0 Å². The minimum absolute atomic E-state index is 0.0797. The molecule has 0 saturated heterocycles. The van der Waals surface area contributed by atoms with E-state index in [1.807, 2.05) is 30.3 Å². The summed E-state index contributed by atoms with van der Waals surface area (Å²) in [6, 6.07) is 17.6. The van der Waals surface area contributed by atoms with Crippen molar-refractivity contribution in [3.05, 3.63) is 90.0 Å². The quantitative estimate of drug-likeness (QED) is 0.571. The van der Waals surface area contributed by atoms with E-state index >= 15 is 0 Å². The van der Waals surface area contributed by atoms with Crippen LogP contribution in [0, 0.1) is 11.6 Å². The van der Waals surface area contributed by atoms with Gasteiger partial charge < -0.3 is 10.1 Å². The number of carbonyl (C=O) groups is 1. The number of anilines is 1. The standard InChI is InChI=1S/C22H20F2N2O4S/c1-26(14-16-5-3-2-4-6-16)31(28,29)19-10-8-18(9-11-19)30-15-22(27)25-21-12-7-17(23)13-20(21)24/h2-13H,14-15H2,1H3,(H,25,27). The number of nitrogens with one attached hydrogen (secondary N) is 1. The monoisotopic (exact) mass is 446 g/mol. The zero-order valence-electron chi connectivity index (χ0n) is 16.6. The van der Waals surface area contributed by atoms with Gasteiger partial charge in [0.25, 0.3) is 5.91 Å². The van der Waals surface area contributed by atoms with Crippen LogP contribution in [0.5, 0.6) is 5.75 Å². The zero-order chi connectivity index (χ0) is 22.4. The maximum atomic E-state index is 13.6. The molecule has 0 unspecified atom stereocenters. The van der Waals surface area contributed by atoms with Crippen LogP contribution in [-0.4, -0.2) is 32.3 Å². The molecule has 0 heterocycles. The van der Waals surface area contributed by atoms with Crippen molar-refractivity contribution < 1.29 is 26.7 Å². The minimum atomic E-state index is -3.71. The van der Waals surface area contributed by atoms with Crippen molar-refractivity contribution in [2.24, 2.45) is 0 Å². The highest BCUT2D eigenvalue weighted by atomic mass is 32.2. The van der Waals surface area contributed by atoms with E-state index in [0.717, 1.165) is 17.7 Å². The lowest BCUT2D eigenvalue weighted by Gasteiger charge is -2.17. The van der Waals surface area contributed by atoms with E-state index in [4.69, 9.17) is 4.74 Å². The highest BCUT2D eigenvalue weighted by Crippen LogP contribution is 2.20. The maximum Gasteiger partial charge on any atom is 0.262 e. The molecule has 0 spiro atoms. The van der Waals surface area contributed by atoms with E-state index < -0.39 is 34.2 Å². The number of hydrogen-bond acceptors (Lipinski definition) is 4. The molecule has 9 heteroatoms. The molecule has 0 aliphatic rings. The number of carbonyl (C=O) groups excluding carboxylic acids is 1. The molecule has 0 aliphatic carbocycles. The first kappa shape index (κ1) is 22.4. The SMILES string of the molecule is CN(Cc1ccccc1)S(=O)(=O)c1ccc(OCC(=O)Nc2ccc(F)cc2F)cc1. The van der Waals surface area contributed by atoms with Crippen molar-refractivity contribution in [3.8, 4) is 5.75 Å². The fraction of sp³-hybridized carbons (Fsp3) is 0.136. The molecule has 0 saturated carbocycles. The average molecular weight is 446 g/mol. The van der Waals surface area contributed by atoms with Crippen molar-refractivity contribution in [1.82, 2.24) is 4.31 Å². The molecule has 0 bridgehead atoms. The molecule has 31 heavy (non-hydrogen) atoms. The van der Waals surface area contributed by atoms with Gasteiger partial charge in [-0.1, -0.05) is 30.3 Å². The van der Waals surface area contributed by atoms with Gasteiger partial charge in [0.2, 0.25) is 10.0 Å². The lowest BCUT2D eigenvalue weighted by Crippen LogP contribution is -2.26. The summed E-state index contributed by atoms with van der Waals surface area (Å²) in [7, 11) is -2.22. The van der Waals surface area contributed by atoms with Crippen LogP contribution >= 0.6 is 0 Å². The molecular formula is C22H20F2N2O4S. The Labute approximate surface area is 179 Å². The number of ether oxygens (including phenoxy) is 1. The lowest BCUT2D eigenvalue weighted by atomic mass is 10.2. The van der Waals surface area contributed by atoms with Crippen LogP contribution in [0.25, 0.3) is 0 Å². The number of benzene rings is 3. The number of amides is 1. The second-order valence-corrected chi connectivity index (χ2v) is 8.72. The second kappa shape index (κ2) is 9.67. The summed E-state index contributed by atoms with van der Waals surface area (Å²) in [5, 5.41) is 2.27. The molecule has 3 aromatic rings. The highest BCUT2D eigenvalue weighted by molar-refractivity contribution is 7.89. The number of sulfonamides is 1. The van der Waals surface area contributed by atoms with E-state index in [1.165, 1.54) is 35.6 Å². The zero-order valence-corrected chi connectivity index (χ0v) is 17.4. The van der Waals surface area contributed by atoms with E-state index in [9.17, 15) is 22.0 Å². The molecular weight excluding hydrogens is 426 g/mol. The van der Waals surface area contributed by atoms with Crippen LogP contribution in [-0.2, 0) is 21.4 Å². The van der Waals surface area contributed by atoms with Gasteiger partial charge in [0.05, 0.1) is 10.6 Å². The number of rotatable bonds is 8. The Morgan fingerprint density at radius 3 is 2.32 bits per heavy atom. The summed E-state index contributed by atoms with van der Waals surface area (Å²) < 4.78 is 58.5. The molecule has 0 aromatic heterocycles. The fourth-order valence-electron chi connectivity index (χ4n) is 2.74. The van der Waals surface area contributed by atoms with Crippen molar-refractivity contribution in [2.75, 3.05) is 19.0 Å². The van der Waals surface area contributed by atoms with Gasteiger partial charge in [-0.25, -0.2) is 17.2 Å². The normalized spacial score (nSPS) is 11.4. The van der Waals surface area contributed by atoms with Crippen molar-refractivity contribution >= 4 is 21.6 Å². The lowest BCUT2D eigenvalue weighted by molar-refractivity contribution is -0.118. The molecule has 1 amide bonds. The predicted octanol–water partition coefficient (Wildman–Crippen LogP) is 3.80. The molecule has 0 fully saturated rings. The third-order valence-corrected chi connectivity index (χ3v) is 6.17. The maximum absolute atomic E-state index is 13.6. The Balaban J connectivity index is 1.58. The van der Waals surface area contributed by atoms with E-state index in [1.54, 1.807) is 0 Å². The molecule has 0 aliphatic heterocycles. The molecule has 0 radical (unpaired) electrons. The minimum Gasteiger partial charge on any atom is -0.484 e. The molecule has 3 aromatic carbocycles. The third kappa shape index (κ3) is 5.87. The van der Waals surface area contributed by atoms with E-state index in [-0.39, 0.29) is 22.9 Å². The topological polar surface area (TPSA) is 75.7 Å². The van der Waals surface area contributed by atoms with Crippen LogP contribution in [0.3, 0.4) is 0 Å². The Morgan fingerprint density at radius 1 is 1.00 bits per heavy atom. The van der Waals surface area contributed by atoms with E-state index in [2.05, 4.69) is 5.32 Å². The van der Waals surface area contributed by atoms with Gasteiger partial charge in [-0.3, -0.25) is 4.79 Å². The van der Waals surface area contributed by atoms with Crippen molar-refractivity contribution in [1.29, 1.82) is 0 Å². The summed E-state index contributed by atoms with van der Waals surface area (Å²) in [5.74, 6) is -2.04. The third-order valence-electron chi connectivity index (χ3n) is 4.36. The van der Waals surface area contributed by atoms with Crippen LogP contribution in [0.1, 0.15) is 5.56 Å². The number of nitrogens with zero attached hydrogens (tertiary/aromatic N) is 1. The van der Waals surface area contributed by atoms with Crippen molar-refractivity contribution in [2.45, 2.75) is 11.4 Å². The van der Waals surface area contributed by atoms with Gasteiger partial charge in [0.15, 0.2) is 6.61 Å². The summed E-state index contributed by atoms with van der Waals surface area (Å²) in [5.41, 5.74) is 0.690.